The molecular formula is C32H37N7O2. The first-order chi connectivity index (χ1) is 20.1. The largest absolute Gasteiger partial charge is 0.462 e. The van der Waals surface area contributed by atoms with Gasteiger partial charge in [-0.3, -0.25) is 4.79 Å². The Kier molecular flexibility index (Phi) is 7.75. The number of rotatable bonds is 7. The van der Waals surface area contributed by atoms with E-state index in [4.69, 9.17) is 14.7 Å². The Morgan fingerprint density at radius 1 is 1.12 bits per heavy atom. The molecule has 9 nitrogen and oxygen atoms in total. The number of amides is 1. The second-order valence-corrected chi connectivity index (χ2v) is 11.2. The molecule has 1 aromatic heterocycles. The number of anilines is 2. The predicted octanol–water partition coefficient (Wildman–Crippen LogP) is 3.78. The number of nitriles is 1. The van der Waals surface area contributed by atoms with Gasteiger partial charge in [0.1, 0.15) is 12.4 Å². The molecule has 3 aromatic rings. The average Bonchev–Trinajstić information content (AvgIpc) is 3.43. The lowest BCUT2D eigenvalue weighted by Crippen LogP contribution is -2.55. The zero-order valence-corrected chi connectivity index (χ0v) is 23.7. The number of ether oxygens (including phenoxy) is 1. The SMILES string of the molecule is C=CC(=O)N1CCN(c2nc(OCC3CCCN3C)nc3c2CCN(c2cccc4ccccc24)C3)C(CC#N)C1. The highest BCUT2D eigenvalue weighted by Gasteiger charge is 2.34. The summed E-state index contributed by atoms with van der Waals surface area (Å²) in [5.74, 6) is 0.737. The van der Waals surface area contributed by atoms with Gasteiger partial charge in [-0.25, -0.2) is 0 Å². The van der Waals surface area contributed by atoms with Crippen LogP contribution in [0, 0.1) is 11.3 Å². The molecular weight excluding hydrogens is 514 g/mol. The smallest absolute Gasteiger partial charge is 0.318 e. The second-order valence-electron chi connectivity index (χ2n) is 11.2. The van der Waals surface area contributed by atoms with Gasteiger partial charge in [0.15, 0.2) is 0 Å². The van der Waals surface area contributed by atoms with Gasteiger partial charge in [-0.15, -0.1) is 0 Å². The molecule has 4 heterocycles. The van der Waals surface area contributed by atoms with Crippen LogP contribution in [0.1, 0.15) is 30.5 Å². The van der Waals surface area contributed by atoms with E-state index in [-0.39, 0.29) is 11.9 Å². The summed E-state index contributed by atoms with van der Waals surface area (Å²) >= 11 is 0. The number of benzene rings is 2. The van der Waals surface area contributed by atoms with Crippen molar-refractivity contribution in [1.29, 1.82) is 5.26 Å². The minimum Gasteiger partial charge on any atom is -0.462 e. The van der Waals surface area contributed by atoms with Crippen molar-refractivity contribution >= 4 is 28.2 Å². The van der Waals surface area contributed by atoms with Crippen LogP contribution < -0.4 is 14.5 Å². The van der Waals surface area contributed by atoms with Crippen molar-refractivity contribution in [3.63, 3.8) is 0 Å². The van der Waals surface area contributed by atoms with E-state index in [2.05, 4.69) is 76.9 Å². The fraction of sp³-hybridized carbons (Fsp3) is 0.438. The van der Waals surface area contributed by atoms with Crippen molar-refractivity contribution < 1.29 is 9.53 Å². The molecule has 2 aromatic carbocycles. The van der Waals surface area contributed by atoms with Crippen LogP contribution in [0.2, 0.25) is 0 Å². The van der Waals surface area contributed by atoms with E-state index in [1.54, 1.807) is 4.90 Å². The van der Waals surface area contributed by atoms with Crippen molar-refractivity contribution in [2.75, 3.05) is 56.2 Å². The van der Waals surface area contributed by atoms with Crippen LogP contribution in [0.3, 0.4) is 0 Å². The Hall–Kier alpha value is -4.16. The van der Waals surface area contributed by atoms with E-state index in [0.717, 1.165) is 43.0 Å². The van der Waals surface area contributed by atoms with Crippen molar-refractivity contribution in [1.82, 2.24) is 19.8 Å². The topological polar surface area (TPSA) is 88.8 Å². The highest BCUT2D eigenvalue weighted by atomic mass is 16.5. The van der Waals surface area contributed by atoms with Crippen molar-refractivity contribution in [2.24, 2.45) is 0 Å². The quantitative estimate of drug-likeness (QED) is 0.410. The number of carbonyl (C=O) groups excluding carboxylic acids is 1. The highest BCUT2D eigenvalue weighted by Crippen LogP contribution is 2.35. The molecule has 2 unspecified atom stereocenters. The Morgan fingerprint density at radius 3 is 2.78 bits per heavy atom. The number of nitrogens with zero attached hydrogens (tertiary/aromatic N) is 7. The Bertz CT molecular complexity index is 1480. The summed E-state index contributed by atoms with van der Waals surface area (Å²) in [6.07, 6.45) is 4.70. The lowest BCUT2D eigenvalue weighted by molar-refractivity contribution is -0.126. The zero-order chi connectivity index (χ0) is 28.3. The fourth-order valence-electron chi connectivity index (χ4n) is 6.48. The number of likely N-dealkylation sites (N-methyl/N-ethyl adjacent to an activating group) is 1. The summed E-state index contributed by atoms with van der Waals surface area (Å²) in [6.45, 7) is 8.36. The second kappa shape index (κ2) is 11.8. The van der Waals surface area contributed by atoms with Gasteiger partial charge in [-0.1, -0.05) is 43.0 Å². The molecule has 2 saturated heterocycles. The molecule has 9 heteroatoms. The Morgan fingerprint density at radius 2 is 1.98 bits per heavy atom. The van der Waals surface area contributed by atoms with E-state index in [0.29, 0.717) is 51.3 Å². The van der Waals surface area contributed by atoms with Gasteiger partial charge >= 0.3 is 6.01 Å². The zero-order valence-electron chi connectivity index (χ0n) is 23.7. The molecule has 0 N–H and O–H groups in total. The molecule has 41 heavy (non-hydrogen) atoms. The molecule has 3 aliphatic heterocycles. The standard InChI is InChI=1S/C32H37N7O2/c1-3-30(40)38-18-19-39(24(20-38)13-15-33)31-27-14-17-37(29-12-6-9-23-8-4-5-11-26(23)29)21-28(27)34-32(35-31)41-22-25-10-7-16-36(25)2/h3-6,8-9,11-12,24-25H,1,7,10,13-14,16-22H2,2H3. The Labute approximate surface area is 241 Å². The molecule has 0 aliphatic carbocycles. The third kappa shape index (κ3) is 5.44. The number of aromatic nitrogens is 2. The van der Waals surface area contributed by atoms with E-state index >= 15 is 0 Å². The van der Waals surface area contributed by atoms with Crippen LogP contribution in [0.5, 0.6) is 6.01 Å². The normalized spacial score (nSPS) is 21.0. The summed E-state index contributed by atoms with van der Waals surface area (Å²) in [6, 6.07) is 17.8. The predicted molar refractivity (Wildman–Crippen MR) is 160 cm³/mol. The molecule has 0 bridgehead atoms. The van der Waals surface area contributed by atoms with Gasteiger partial charge in [0.25, 0.3) is 0 Å². The lowest BCUT2D eigenvalue weighted by Gasteiger charge is -2.42. The highest BCUT2D eigenvalue weighted by molar-refractivity contribution is 5.94. The molecule has 212 valence electrons. The lowest BCUT2D eigenvalue weighted by atomic mass is 10.0. The summed E-state index contributed by atoms with van der Waals surface area (Å²) in [4.78, 5) is 31.1. The van der Waals surface area contributed by atoms with Crippen LogP contribution >= 0.6 is 0 Å². The van der Waals surface area contributed by atoms with E-state index in [9.17, 15) is 10.1 Å². The fourth-order valence-corrected chi connectivity index (χ4v) is 6.48. The van der Waals surface area contributed by atoms with Crippen LogP contribution in [-0.2, 0) is 17.8 Å². The number of carbonyl (C=O) groups is 1. The van der Waals surface area contributed by atoms with Gasteiger partial charge in [0, 0.05) is 48.9 Å². The van der Waals surface area contributed by atoms with Gasteiger partial charge in [-0.05, 0) is 50.4 Å². The van der Waals surface area contributed by atoms with Gasteiger partial charge in [-0.2, -0.15) is 15.2 Å². The number of fused-ring (bicyclic) bond motifs is 2. The van der Waals surface area contributed by atoms with Crippen LogP contribution in [-0.4, -0.2) is 84.1 Å². The van der Waals surface area contributed by atoms with Crippen molar-refractivity contribution in [2.45, 2.75) is 44.3 Å². The molecule has 0 saturated carbocycles. The third-order valence-corrected chi connectivity index (χ3v) is 8.77. The summed E-state index contributed by atoms with van der Waals surface area (Å²) in [5, 5.41) is 12.1. The maximum atomic E-state index is 12.4. The van der Waals surface area contributed by atoms with E-state index < -0.39 is 0 Å². The van der Waals surface area contributed by atoms with Crippen molar-refractivity contribution in [3.8, 4) is 12.1 Å². The summed E-state index contributed by atoms with van der Waals surface area (Å²) < 4.78 is 6.29. The van der Waals surface area contributed by atoms with E-state index in [1.165, 1.54) is 29.0 Å². The van der Waals surface area contributed by atoms with Crippen LogP contribution in [0.25, 0.3) is 10.8 Å². The summed E-state index contributed by atoms with van der Waals surface area (Å²) in [5.41, 5.74) is 3.27. The first-order valence-electron chi connectivity index (χ1n) is 14.6. The molecule has 2 fully saturated rings. The molecule has 1 amide bonds. The summed E-state index contributed by atoms with van der Waals surface area (Å²) in [7, 11) is 2.14. The van der Waals surface area contributed by atoms with Crippen molar-refractivity contribution in [3.05, 3.63) is 66.4 Å². The molecule has 6 rings (SSSR count). The monoisotopic (exact) mass is 551 g/mol. The molecule has 3 aliphatic rings. The van der Waals surface area contributed by atoms with Gasteiger partial charge in [0.2, 0.25) is 5.91 Å². The van der Waals surface area contributed by atoms with Crippen LogP contribution in [0.15, 0.2) is 55.1 Å². The third-order valence-electron chi connectivity index (χ3n) is 8.77. The first-order valence-corrected chi connectivity index (χ1v) is 14.6. The maximum Gasteiger partial charge on any atom is 0.318 e. The van der Waals surface area contributed by atoms with Gasteiger partial charge < -0.3 is 24.3 Å². The van der Waals surface area contributed by atoms with Gasteiger partial charge in [0.05, 0.1) is 30.8 Å². The minimum atomic E-state index is -0.165. The maximum absolute atomic E-state index is 12.4. The number of piperazine rings is 1. The van der Waals surface area contributed by atoms with E-state index in [1.807, 2.05) is 0 Å². The Balaban J connectivity index is 1.35. The molecule has 0 spiro atoms. The number of likely N-dealkylation sites (tertiary alicyclic amines) is 1. The molecule has 2 atom stereocenters. The van der Waals surface area contributed by atoms with Crippen LogP contribution in [0.4, 0.5) is 11.5 Å². The number of hydrogen-bond acceptors (Lipinski definition) is 8. The minimum absolute atomic E-state index is 0.104. The average molecular weight is 552 g/mol. The number of hydrogen-bond donors (Lipinski definition) is 0. The first kappa shape index (κ1) is 27.0. The molecule has 0 radical (unpaired) electrons.